The SMILES string of the molecule is Cc1cc(/C=C(/C#N)C(=O)NCCc2c[nH]c3ccccc23)c(C)n1C(C)C. The van der Waals surface area contributed by atoms with Gasteiger partial charge in [0.05, 0.1) is 0 Å². The van der Waals surface area contributed by atoms with Crippen molar-refractivity contribution >= 4 is 22.9 Å². The van der Waals surface area contributed by atoms with Gasteiger partial charge < -0.3 is 14.9 Å². The van der Waals surface area contributed by atoms with Gasteiger partial charge in [-0.15, -0.1) is 0 Å². The molecule has 1 amide bonds. The topological polar surface area (TPSA) is 73.6 Å². The van der Waals surface area contributed by atoms with Crippen LogP contribution in [0.1, 0.15) is 42.4 Å². The number of hydrogen-bond acceptors (Lipinski definition) is 2. The maximum atomic E-state index is 12.5. The van der Waals surface area contributed by atoms with Gasteiger partial charge in [-0.1, -0.05) is 18.2 Å². The van der Waals surface area contributed by atoms with Crippen molar-refractivity contribution in [2.45, 2.75) is 40.2 Å². The van der Waals surface area contributed by atoms with Crippen molar-refractivity contribution < 1.29 is 4.79 Å². The number of nitrogens with one attached hydrogen (secondary N) is 2. The second-order valence-electron chi connectivity index (χ2n) is 7.33. The molecule has 2 heterocycles. The zero-order valence-corrected chi connectivity index (χ0v) is 16.8. The lowest BCUT2D eigenvalue weighted by Gasteiger charge is -2.13. The van der Waals surface area contributed by atoms with Crippen LogP contribution >= 0.6 is 0 Å². The largest absolute Gasteiger partial charge is 0.361 e. The Hall–Kier alpha value is -3.26. The van der Waals surface area contributed by atoms with E-state index in [1.807, 2.05) is 50.4 Å². The third-order valence-corrected chi connectivity index (χ3v) is 5.06. The molecule has 0 spiro atoms. The van der Waals surface area contributed by atoms with Crippen LogP contribution in [0.5, 0.6) is 0 Å². The highest BCUT2D eigenvalue weighted by molar-refractivity contribution is 6.01. The Morgan fingerprint density at radius 2 is 2.07 bits per heavy atom. The van der Waals surface area contributed by atoms with Crippen LogP contribution in [-0.4, -0.2) is 22.0 Å². The van der Waals surface area contributed by atoms with Gasteiger partial charge in [0, 0.05) is 41.1 Å². The lowest BCUT2D eigenvalue weighted by Crippen LogP contribution is -2.26. The Labute approximate surface area is 165 Å². The first kappa shape index (κ1) is 19.5. The Balaban J connectivity index is 1.70. The van der Waals surface area contributed by atoms with Crippen molar-refractivity contribution in [3.05, 3.63) is 64.6 Å². The number of aromatic amines is 1. The van der Waals surface area contributed by atoms with Gasteiger partial charge in [-0.3, -0.25) is 4.79 Å². The van der Waals surface area contributed by atoms with Gasteiger partial charge in [-0.2, -0.15) is 5.26 Å². The van der Waals surface area contributed by atoms with Gasteiger partial charge in [0.15, 0.2) is 0 Å². The summed E-state index contributed by atoms with van der Waals surface area (Å²) in [7, 11) is 0. The molecule has 0 aliphatic carbocycles. The van der Waals surface area contributed by atoms with Crippen LogP contribution in [0.3, 0.4) is 0 Å². The molecule has 28 heavy (non-hydrogen) atoms. The van der Waals surface area contributed by atoms with Crippen LogP contribution in [-0.2, 0) is 11.2 Å². The lowest BCUT2D eigenvalue weighted by molar-refractivity contribution is -0.117. The fourth-order valence-corrected chi connectivity index (χ4v) is 3.79. The van der Waals surface area contributed by atoms with E-state index in [2.05, 4.69) is 34.8 Å². The molecular formula is C23H26N4O. The first-order valence-electron chi connectivity index (χ1n) is 9.55. The number of rotatable bonds is 6. The zero-order valence-electron chi connectivity index (χ0n) is 16.8. The van der Waals surface area contributed by atoms with E-state index < -0.39 is 0 Å². The van der Waals surface area contributed by atoms with Crippen molar-refractivity contribution in [2.24, 2.45) is 0 Å². The molecule has 2 aromatic heterocycles. The minimum absolute atomic E-state index is 0.128. The van der Waals surface area contributed by atoms with Crippen LogP contribution < -0.4 is 5.32 Å². The number of carbonyl (C=O) groups excluding carboxylic acids is 1. The van der Waals surface area contributed by atoms with E-state index in [1.165, 1.54) is 0 Å². The van der Waals surface area contributed by atoms with Gasteiger partial charge >= 0.3 is 0 Å². The number of benzene rings is 1. The minimum atomic E-state index is -0.336. The Morgan fingerprint density at radius 1 is 1.32 bits per heavy atom. The van der Waals surface area contributed by atoms with Crippen LogP contribution in [0.25, 0.3) is 17.0 Å². The van der Waals surface area contributed by atoms with Gasteiger partial charge in [0.2, 0.25) is 0 Å². The summed E-state index contributed by atoms with van der Waals surface area (Å²) in [6, 6.07) is 12.5. The van der Waals surface area contributed by atoms with Crippen molar-refractivity contribution in [1.29, 1.82) is 5.26 Å². The third-order valence-electron chi connectivity index (χ3n) is 5.06. The average Bonchev–Trinajstić information content (AvgIpc) is 3.20. The fraction of sp³-hybridized carbons (Fsp3) is 0.304. The fourth-order valence-electron chi connectivity index (χ4n) is 3.79. The van der Waals surface area contributed by atoms with E-state index in [9.17, 15) is 10.1 Å². The molecule has 0 saturated carbocycles. The van der Waals surface area contributed by atoms with Gasteiger partial charge in [-0.25, -0.2) is 0 Å². The van der Waals surface area contributed by atoms with Crippen LogP contribution in [0, 0.1) is 25.2 Å². The predicted octanol–water partition coefficient (Wildman–Crippen LogP) is 4.43. The summed E-state index contributed by atoms with van der Waals surface area (Å²) in [5.41, 5.74) is 5.46. The van der Waals surface area contributed by atoms with Crippen molar-refractivity contribution in [2.75, 3.05) is 6.54 Å². The molecule has 1 aromatic carbocycles. The summed E-state index contributed by atoms with van der Waals surface area (Å²) in [6.07, 6.45) is 4.36. The molecule has 0 aliphatic heterocycles. The number of aryl methyl sites for hydroxylation is 1. The number of para-hydroxylation sites is 1. The van der Waals surface area contributed by atoms with Crippen molar-refractivity contribution in [3.8, 4) is 6.07 Å². The molecule has 0 fully saturated rings. The summed E-state index contributed by atoms with van der Waals surface area (Å²) in [5, 5.41) is 13.5. The standard InChI is InChI=1S/C23H26N4O/c1-15(2)27-16(3)11-19(17(27)4)12-20(13-24)23(28)25-10-9-18-14-26-22-8-6-5-7-21(18)22/h5-8,11-12,14-15,26H,9-10H2,1-4H3,(H,25,28)/b20-12-. The van der Waals surface area contributed by atoms with Crippen LogP contribution in [0.15, 0.2) is 42.1 Å². The summed E-state index contributed by atoms with van der Waals surface area (Å²) in [4.78, 5) is 15.7. The van der Waals surface area contributed by atoms with Gasteiger partial charge in [0.25, 0.3) is 5.91 Å². The van der Waals surface area contributed by atoms with Crippen molar-refractivity contribution in [1.82, 2.24) is 14.9 Å². The highest BCUT2D eigenvalue weighted by Gasteiger charge is 2.14. The molecular weight excluding hydrogens is 348 g/mol. The highest BCUT2D eigenvalue weighted by atomic mass is 16.1. The van der Waals surface area contributed by atoms with E-state index >= 15 is 0 Å². The monoisotopic (exact) mass is 374 g/mol. The number of hydrogen-bond donors (Lipinski definition) is 2. The van der Waals surface area contributed by atoms with Crippen LogP contribution in [0.2, 0.25) is 0 Å². The highest BCUT2D eigenvalue weighted by Crippen LogP contribution is 2.22. The quantitative estimate of drug-likeness (QED) is 0.495. The second-order valence-corrected chi connectivity index (χ2v) is 7.33. The normalized spacial score (nSPS) is 11.8. The number of fused-ring (bicyclic) bond motifs is 1. The minimum Gasteiger partial charge on any atom is -0.361 e. The maximum Gasteiger partial charge on any atom is 0.261 e. The van der Waals surface area contributed by atoms with E-state index in [4.69, 9.17) is 0 Å². The molecule has 0 bridgehead atoms. The third kappa shape index (κ3) is 3.86. The lowest BCUT2D eigenvalue weighted by atomic mass is 10.1. The van der Waals surface area contributed by atoms with E-state index in [0.29, 0.717) is 19.0 Å². The summed E-state index contributed by atoms with van der Waals surface area (Å²) >= 11 is 0. The zero-order chi connectivity index (χ0) is 20.3. The van der Waals surface area contributed by atoms with Gasteiger partial charge in [0.1, 0.15) is 11.6 Å². The molecule has 5 heteroatoms. The molecule has 2 N–H and O–H groups in total. The molecule has 144 valence electrons. The first-order chi connectivity index (χ1) is 13.4. The molecule has 5 nitrogen and oxygen atoms in total. The Bertz CT molecular complexity index is 1080. The Kier molecular flexibility index (Phi) is 5.70. The van der Waals surface area contributed by atoms with E-state index in [0.717, 1.165) is 33.4 Å². The van der Waals surface area contributed by atoms with Crippen molar-refractivity contribution in [3.63, 3.8) is 0 Å². The molecule has 0 radical (unpaired) electrons. The number of nitriles is 1. The summed E-state index contributed by atoms with van der Waals surface area (Å²) < 4.78 is 2.20. The van der Waals surface area contributed by atoms with E-state index in [1.54, 1.807) is 6.08 Å². The first-order valence-corrected chi connectivity index (χ1v) is 9.55. The molecule has 0 aliphatic rings. The van der Waals surface area contributed by atoms with Crippen LogP contribution in [0.4, 0.5) is 0 Å². The predicted molar refractivity (Wildman–Crippen MR) is 113 cm³/mol. The number of H-pyrrole nitrogens is 1. The summed E-state index contributed by atoms with van der Waals surface area (Å²) in [5.74, 6) is -0.336. The summed E-state index contributed by atoms with van der Waals surface area (Å²) in [6.45, 7) is 8.78. The van der Waals surface area contributed by atoms with E-state index in [-0.39, 0.29) is 11.5 Å². The smallest absolute Gasteiger partial charge is 0.261 e. The molecule has 3 rings (SSSR count). The maximum absolute atomic E-state index is 12.5. The second kappa shape index (κ2) is 8.18. The molecule has 0 saturated heterocycles. The number of amides is 1. The Morgan fingerprint density at radius 3 is 2.75 bits per heavy atom. The molecule has 0 atom stereocenters. The number of aromatic nitrogens is 2. The molecule has 0 unspecified atom stereocenters. The number of nitrogens with zero attached hydrogens (tertiary/aromatic N) is 2. The number of carbonyl (C=O) groups is 1. The van der Waals surface area contributed by atoms with Gasteiger partial charge in [-0.05, 0) is 63.5 Å². The average molecular weight is 374 g/mol. The molecule has 3 aromatic rings.